The second-order valence-electron chi connectivity index (χ2n) is 16.8. The first kappa shape index (κ1) is 53.4. The summed E-state index contributed by atoms with van der Waals surface area (Å²) < 4.78 is 0. The predicted molar refractivity (Wildman–Crippen MR) is 280 cm³/mol. The summed E-state index contributed by atoms with van der Waals surface area (Å²) in [5.41, 5.74) is 18.1. The number of hydrogen-bond donors (Lipinski definition) is 1. The molecule has 0 spiro atoms. The molecule has 61 heavy (non-hydrogen) atoms. The Morgan fingerprint density at radius 2 is 1.36 bits per heavy atom. The Bertz CT molecular complexity index is 2170. The van der Waals surface area contributed by atoms with Crippen molar-refractivity contribution in [3.8, 4) is 11.1 Å². The highest BCUT2D eigenvalue weighted by atomic mass is 14.9. The number of anilines is 1. The minimum absolute atomic E-state index is 0.0497. The molecular weight excluding hydrogens is 735 g/mol. The van der Waals surface area contributed by atoms with Crippen LogP contribution in [0.4, 0.5) is 5.69 Å². The molecule has 0 heterocycles. The molecule has 5 rings (SSSR count). The molecule has 1 heteroatoms. The maximum atomic E-state index is 4.01. The van der Waals surface area contributed by atoms with Gasteiger partial charge in [-0.2, -0.15) is 0 Å². The standard InChI is InChI=1S/C20H20.C14H22.C13H15N.C11H16.C2H6/c1-6-14-9-11-17-19(15(14)7-2)16-10-8-13(3)12-18(16)20(17,4)5;1-6-9-14(10-7-2)13(5)11-12(4)8-3;1-4-7-12(5-2)14-13-9-6-8-11(3)10-13;1-9-5-7-10(8-6-9)11(2,3)4;1-2/h6-12H,1-2H2,3-5H3;6-7,9-12H,1,8H2,2-5H3;4-10,14H,1-2H2,3H3;5-8H,1-4H3;1-2H3/b;10-7-,13-11+,14-9+;12-7+;;. The van der Waals surface area contributed by atoms with Crippen molar-refractivity contribution in [1.82, 2.24) is 0 Å². The Morgan fingerprint density at radius 1 is 0.754 bits per heavy atom. The van der Waals surface area contributed by atoms with Crippen molar-refractivity contribution < 1.29 is 0 Å². The first-order chi connectivity index (χ1) is 28.9. The second-order valence-corrected chi connectivity index (χ2v) is 16.8. The van der Waals surface area contributed by atoms with Crippen LogP contribution in [0.1, 0.15) is 127 Å². The van der Waals surface area contributed by atoms with Crippen LogP contribution in [0.15, 0.2) is 177 Å². The van der Waals surface area contributed by atoms with Gasteiger partial charge < -0.3 is 5.32 Å². The van der Waals surface area contributed by atoms with Crippen LogP contribution in [-0.4, -0.2) is 0 Å². The first-order valence-electron chi connectivity index (χ1n) is 22.0. The summed E-state index contributed by atoms with van der Waals surface area (Å²) in [6, 6.07) is 28.1. The van der Waals surface area contributed by atoms with Gasteiger partial charge >= 0.3 is 0 Å². The summed E-state index contributed by atoms with van der Waals surface area (Å²) in [5.74, 6) is 0.647. The van der Waals surface area contributed by atoms with E-state index in [0.717, 1.165) is 16.9 Å². The molecule has 0 saturated heterocycles. The van der Waals surface area contributed by atoms with E-state index in [4.69, 9.17) is 0 Å². The fourth-order valence-corrected chi connectivity index (χ4v) is 6.88. The number of nitrogens with one attached hydrogen (secondary N) is 1. The highest BCUT2D eigenvalue weighted by Crippen LogP contribution is 2.51. The molecule has 0 fully saturated rings. The van der Waals surface area contributed by atoms with Gasteiger partial charge in [0.15, 0.2) is 0 Å². The average Bonchev–Trinajstić information content (AvgIpc) is 3.46. The van der Waals surface area contributed by atoms with E-state index in [1.165, 1.54) is 67.6 Å². The monoisotopic (exact) mass is 814 g/mol. The Morgan fingerprint density at radius 3 is 1.87 bits per heavy atom. The zero-order valence-corrected chi connectivity index (χ0v) is 40.6. The van der Waals surface area contributed by atoms with Gasteiger partial charge in [0.05, 0.1) is 0 Å². The van der Waals surface area contributed by atoms with Crippen LogP contribution in [-0.2, 0) is 10.8 Å². The van der Waals surface area contributed by atoms with Gasteiger partial charge in [-0.1, -0.05) is 228 Å². The Balaban J connectivity index is 0.000000411. The van der Waals surface area contributed by atoms with E-state index in [9.17, 15) is 0 Å². The van der Waals surface area contributed by atoms with Crippen LogP contribution in [0, 0.1) is 26.7 Å². The van der Waals surface area contributed by atoms with Gasteiger partial charge in [-0.15, -0.1) is 0 Å². The third-order valence-electron chi connectivity index (χ3n) is 10.5. The largest absolute Gasteiger partial charge is 0.356 e. The zero-order valence-electron chi connectivity index (χ0n) is 40.6. The van der Waals surface area contributed by atoms with Crippen molar-refractivity contribution in [2.45, 2.75) is 114 Å². The van der Waals surface area contributed by atoms with Gasteiger partial charge in [0.2, 0.25) is 0 Å². The van der Waals surface area contributed by atoms with Crippen LogP contribution in [0.3, 0.4) is 0 Å². The lowest BCUT2D eigenvalue weighted by Crippen LogP contribution is -2.15. The van der Waals surface area contributed by atoms with Gasteiger partial charge in [0.1, 0.15) is 0 Å². The predicted octanol–water partition coefficient (Wildman–Crippen LogP) is 18.2. The normalized spacial score (nSPS) is 13.1. The van der Waals surface area contributed by atoms with E-state index in [1.807, 2.05) is 63.3 Å². The third-order valence-corrected chi connectivity index (χ3v) is 10.5. The van der Waals surface area contributed by atoms with Crippen LogP contribution in [0.5, 0.6) is 0 Å². The molecule has 324 valence electrons. The van der Waals surface area contributed by atoms with E-state index in [0.29, 0.717) is 5.92 Å². The van der Waals surface area contributed by atoms with Crippen molar-refractivity contribution in [3.05, 3.63) is 222 Å². The van der Waals surface area contributed by atoms with Crippen molar-refractivity contribution in [3.63, 3.8) is 0 Å². The number of rotatable bonds is 11. The molecule has 0 bridgehead atoms. The highest BCUT2D eigenvalue weighted by Gasteiger charge is 2.36. The minimum atomic E-state index is 0.0497. The molecule has 0 radical (unpaired) electrons. The van der Waals surface area contributed by atoms with Crippen LogP contribution < -0.4 is 5.32 Å². The lowest BCUT2D eigenvalue weighted by atomic mass is 9.81. The van der Waals surface area contributed by atoms with E-state index < -0.39 is 0 Å². The van der Waals surface area contributed by atoms with Crippen molar-refractivity contribution >= 4 is 17.8 Å². The van der Waals surface area contributed by atoms with E-state index in [2.05, 4.69) is 199 Å². The summed E-state index contributed by atoms with van der Waals surface area (Å²) in [6.07, 6.45) is 20.8. The van der Waals surface area contributed by atoms with Crippen LogP contribution in [0.25, 0.3) is 23.3 Å². The average molecular weight is 814 g/mol. The van der Waals surface area contributed by atoms with Crippen molar-refractivity contribution in [2.24, 2.45) is 5.92 Å². The number of allylic oxidation sites excluding steroid dienone is 10. The number of aryl methyl sites for hydroxylation is 3. The fourth-order valence-electron chi connectivity index (χ4n) is 6.88. The van der Waals surface area contributed by atoms with Crippen molar-refractivity contribution in [2.75, 3.05) is 5.32 Å². The topological polar surface area (TPSA) is 12.0 Å². The molecule has 4 aromatic rings. The molecule has 1 atom stereocenters. The Hall–Kier alpha value is -5.66. The molecule has 0 aliphatic heterocycles. The molecule has 0 aromatic heterocycles. The number of fused-ring (bicyclic) bond motifs is 3. The van der Waals surface area contributed by atoms with Gasteiger partial charge in [0.25, 0.3) is 0 Å². The summed E-state index contributed by atoms with van der Waals surface area (Å²) in [6.45, 7) is 49.3. The lowest BCUT2D eigenvalue weighted by Gasteiger charge is -2.22. The summed E-state index contributed by atoms with van der Waals surface area (Å²) in [5, 5.41) is 3.24. The van der Waals surface area contributed by atoms with E-state index >= 15 is 0 Å². The Kier molecular flexibility index (Phi) is 23.2. The summed E-state index contributed by atoms with van der Waals surface area (Å²) in [7, 11) is 0. The molecule has 1 N–H and O–H groups in total. The minimum Gasteiger partial charge on any atom is -0.356 e. The van der Waals surface area contributed by atoms with E-state index in [1.54, 1.807) is 12.2 Å². The second kappa shape index (κ2) is 26.5. The maximum absolute atomic E-state index is 4.01. The van der Waals surface area contributed by atoms with Crippen LogP contribution >= 0.6 is 0 Å². The van der Waals surface area contributed by atoms with Gasteiger partial charge in [-0.05, 0) is 126 Å². The first-order valence-corrected chi connectivity index (χ1v) is 22.0. The third kappa shape index (κ3) is 16.4. The molecular formula is C60H79N. The summed E-state index contributed by atoms with van der Waals surface area (Å²) in [4.78, 5) is 0. The molecule has 1 unspecified atom stereocenters. The maximum Gasteiger partial charge on any atom is 0.0386 e. The van der Waals surface area contributed by atoms with Crippen LogP contribution in [0.2, 0.25) is 0 Å². The number of hydrogen-bond acceptors (Lipinski definition) is 1. The molecule has 1 aliphatic carbocycles. The highest BCUT2D eigenvalue weighted by molar-refractivity contribution is 5.90. The fraction of sp³-hybridized carbons (Fsp3) is 0.300. The smallest absolute Gasteiger partial charge is 0.0386 e. The summed E-state index contributed by atoms with van der Waals surface area (Å²) >= 11 is 0. The zero-order chi connectivity index (χ0) is 46.3. The number of benzene rings is 4. The van der Waals surface area contributed by atoms with Gasteiger partial charge in [-0.3, -0.25) is 0 Å². The van der Waals surface area contributed by atoms with Gasteiger partial charge in [0, 0.05) is 16.8 Å². The van der Waals surface area contributed by atoms with E-state index in [-0.39, 0.29) is 10.8 Å². The van der Waals surface area contributed by atoms with Crippen molar-refractivity contribution in [1.29, 1.82) is 0 Å². The lowest BCUT2D eigenvalue weighted by molar-refractivity contribution is 0.590. The molecule has 1 aliphatic rings. The van der Waals surface area contributed by atoms with Gasteiger partial charge in [-0.25, -0.2) is 0 Å². The quantitative estimate of drug-likeness (QED) is 0.149. The molecule has 4 aromatic carbocycles. The molecule has 0 saturated carbocycles. The Labute approximate surface area is 374 Å². The molecule has 0 amide bonds. The SMILES string of the molecule is C=C/C=C(\C=C)Nc1cccc(C)c1.C=C/C=C(\C=C/C)C(/C)=C/C(C)CC.C=Cc1ccc2c(c1C=C)-c1ccc(C)cc1C2(C)C.CC.Cc1ccc(C(C)(C)C)cc1. The molecule has 1 nitrogen and oxygen atoms in total.